The highest BCUT2D eigenvalue weighted by molar-refractivity contribution is 6.01. The molecule has 84 valence electrons. The van der Waals surface area contributed by atoms with Crippen LogP contribution in [0.15, 0.2) is 12.4 Å². The van der Waals surface area contributed by atoms with Gasteiger partial charge in [0.05, 0.1) is 11.9 Å². The van der Waals surface area contributed by atoms with Crippen molar-refractivity contribution in [3.8, 4) is 0 Å². The molecule has 2 N–H and O–H groups in total. The summed E-state index contributed by atoms with van der Waals surface area (Å²) in [5.74, 6) is -0.422. The highest BCUT2D eigenvalue weighted by Gasteiger charge is 2.12. The molecule has 2 aromatic heterocycles. The molecular formula is C8H11N7O. The summed E-state index contributed by atoms with van der Waals surface area (Å²) in [7, 11) is 0. The number of hydrogen-bond donors (Lipinski definition) is 2. The Bertz CT molecular complexity index is 472. The van der Waals surface area contributed by atoms with E-state index in [2.05, 4.69) is 31.0 Å². The molecule has 0 aliphatic rings. The first-order chi connectivity index (χ1) is 7.66. The van der Waals surface area contributed by atoms with E-state index in [0.717, 1.165) is 0 Å². The molecule has 2 heterocycles. The number of nitrogens with one attached hydrogen (secondary N) is 2. The predicted octanol–water partition coefficient (Wildman–Crippen LogP) is 0.229. The maximum absolute atomic E-state index is 11.5. The summed E-state index contributed by atoms with van der Waals surface area (Å²) in [5, 5.41) is 19.3. The van der Waals surface area contributed by atoms with Crippen molar-refractivity contribution < 1.29 is 4.79 Å². The molecular weight excluding hydrogens is 210 g/mol. The normalized spacial score (nSPS) is 10.7. The maximum atomic E-state index is 11.5. The van der Waals surface area contributed by atoms with Gasteiger partial charge < -0.3 is 5.32 Å². The van der Waals surface area contributed by atoms with Gasteiger partial charge >= 0.3 is 0 Å². The van der Waals surface area contributed by atoms with Crippen molar-refractivity contribution in [2.45, 2.75) is 19.9 Å². The van der Waals surface area contributed by atoms with Gasteiger partial charge in [0.2, 0.25) is 0 Å². The van der Waals surface area contributed by atoms with Crippen molar-refractivity contribution in [3.63, 3.8) is 0 Å². The number of hydrogen-bond acceptors (Lipinski definition) is 5. The lowest BCUT2D eigenvalue weighted by atomic mass is 10.4. The highest BCUT2D eigenvalue weighted by atomic mass is 16.2. The first-order valence-corrected chi connectivity index (χ1v) is 4.76. The number of aromatic nitrogens is 6. The Kier molecular flexibility index (Phi) is 2.63. The smallest absolute Gasteiger partial charge is 0.297 e. The minimum absolute atomic E-state index is 0.00250. The van der Waals surface area contributed by atoms with Gasteiger partial charge in [-0.3, -0.25) is 9.48 Å². The standard InChI is InChI=1S/C8H11N7O/c1-5(2)15-4-6(3-9-15)10-8(16)7-11-13-14-12-7/h3-5H,1-2H3,(H,10,16)(H,11,12,13,14). The lowest BCUT2D eigenvalue weighted by Crippen LogP contribution is -2.13. The molecule has 0 bridgehead atoms. The molecule has 8 nitrogen and oxygen atoms in total. The number of amides is 1. The first kappa shape index (κ1) is 10.3. The van der Waals surface area contributed by atoms with E-state index in [1.807, 2.05) is 13.8 Å². The van der Waals surface area contributed by atoms with Crippen LogP contribution in [0.1, 0.15) is 30.5 Å². The molecule has 0 radical (unpaired) electrons. The number of nitrogens with zero attached hydrogens (tertiary/aromatic N) is 5. The molecule has 0 aromatic carbocycles. The third kappa shape index (κ3) is 2.05. The summed E-state index contributed by atoms with van der Waals surface area (Å²) in [6, 6.07) is 0.246. The zero-order valence-electron chi connectivity index (χ0n) is 8.88. The first-order valence-electron chi connectivity index (χ1n) is 4.76. The van der Waals surface area contributed by atoms with Crippen LogP contribution in [0.25, 0.3) is 0 Å². The Labute approximate surface area is 91.0 Å². The number of rotatable bonds is 3. The molecule has 0 saturated carbocycles. The number of anilines is 1. The number of carbonyl (C=O) groups excluding carboxylic acids is 1. The van der Waals surface area contributed by atoms with Crippen LogP contribution >= 0.6 is 0 Å². The monoisotopic (exact) mass is 221 g/mol. The minimum Gasteiger partial charge on any atom is -0.316 e. The second kappa shape index (κ2) is 4.09. The van der Waals surface area contributed by atoms with E-state index in [0.29, 0.717) is 5.69 Å². The topological polar surface area (TPSA) is 101 Å². The van der Waals surface area contributed by atoms with Gasteiger partial charge in [-0.1, -0.05) is 0 Å². The molecule has 0 fully saturated rings. The predicted molar refractivity (Wildman–Crippen MR) is 54.7 cm³/mol. The molecule has 1 amide bonds. The zero-order valence-corrected chi connectivity index (χ0v) is 8.88. The summed E-state index contributed by atoms with van der Waals surface area (Å²) in [4.78, 5) is 11.5. The maximum Gasteiger partial charge on any atom is 0.297 e. The summed E-state index contributed by atoms with van der Waals surface area (Å²) in [6.07, 6.45) is 3.31. The number of carbonyl (C=O) groups is 1. The lowest BCUT2D eigenvalue weighted by Gasteiger charge is -2.02. The van der Waals surface area contributed by atoms with Crippen LogP contribution in [-0.2, 0) is 0 Å². The molecule has 0 aliphatic heterocycles. The summed E-state index contributed by atoms with van der Waals surface area (Å²) < 4.78 is 1.74. The van der Waals surface area contributed by atoms with Gasteiger partial charge in [-0.05, 0) is 19.1 Å². The van der Waals surface area contributed by atoms with Crippen LogP contribution in [0.4, 0.5) is 5.69 Å². The van der Waals surface area contributed by atoms with E-state index in [-0.39, 0.29) is 11.9 Å². The SMILES string of the molecule is CC(C)n1cc(NC(=O)c2nn[nH]n2)cn1. The third-order valence-electron chi connectivity index (χ3n) is 1.94. The molecule has 16 heavy (non-hydrogen) atoms. The van der Waals surface area contributed by atoms with Crippen LogP contribution in [-0.4, -0.2) is 36.3 Å². The van der Waals surface area contributed by atoms with Crippen LogP contribution in [0.3, 0.4) is 0 Å². The van der Waals surface area contributed by atoms with Gasteiger partial charge in [0.15, 0.2) is 0 Å². The second-order valence-corrected chi connectivity index (χ2v) is 3.49. The van der Waals surface area contributed by atoms with Gasteiger partial charge in [-0.2, -0.15) is 10.3 Å². The molecule has 0 spiro atoms. The molecule has 0 atom stereocenters. The van der Waals surface area contributed by atoms with Crippen molar-refractivity contribution in [3.05, 3.63) is 18.2 Å². The summed E-state index contributed by atoms with van der Waals surface area (Å²) in [6.45, 7) is 4.00. The fourth-order valence-electron chi connectivity index (χ4n) is 1.13. The fourth-order valence-corrected chi connectivity index (χ4v) is 1.13. The Morgan fingerprint density at radius 2 is 2.38 bits per heavy atom. The largest absolute Gasteiger partial charge is 0.316 e. The zero-order chi connectivity index (χ0) is 11.5. The van der Waals surface area contributed by atoms with Crippen molar-refractivity contribution in [2.75, 3.05) is 5.32 Å². The Morgan fingerprint density at radius 3 is 2.94 bits per heavy atom. The van der Waals surface area contributed by atoms with Gasteiger partial charge in [0.25, 0.3) is 11.7 Å². The van der Waals surface area contributed by atoms with E-state index in [4.69, 9.17) is 0 Å². The van der Waals surface area contributed by atoms with Gasteiger partial charge in [-0.25, -0.2) is 0 Å². The number of tetrazole rings is 1. The summed E-state index contributed by atoms with van der Waals surface area (Å²) in [5.41, 5.74) is 0.600. The molecule has 2 rings (SSSR count). The van der Waals surface area contributed by atoms with Crippen molar-refractivity contribution in [1.82, 2.24) is 30.4 Å². The Morgan fingerprint density at radius 1 is 1.56 bits per heavy atom. The van der Waals surface area contributed by atoms with E-state index in [1.165, 1.54) is 0 Å². The van der Waals surface area contributed by atoms with E-state index < -0.39 is 5.91 Å². The van der Waals surface area contributed by atoms with Crippen LogP contribution in [0, 0.1) is 0 Å². The third-order valence-corrected chi connectivity index (χ3v) is 1.94. The molecule has 8 heteroatoms. The summed E-state index contributed by atoms with van der Waals surface area (Å²) >= 11 is 0. The van der Waals surface area contributed by atoms with Crippen molar-refractivity contribution >= 4 is 11.6 Å². The average molecular weight is 221 g/mol. The quantitative estimate of drug-likeness (QED) is 0.772. The van der Waals surface area contributed by atoms with Gasteiger partial charge in [0.1, 0.15) is 0 Å². The van der Waals surface area contributed by atoms with E-state index in [9.17, 15) is 4.79 Å². The highest BCUT2D eigenvalue weighted by Crippen LogP contribution is 2.10. The second-order valence-electron chi connectivity index (χ2n) is 3.49. The minimum atomic E-state index is -0.419. The molecule has 0 saturated heterocycles. The average Bonchev–Trinajstić information content (AvgIpc) is 2.87. The Hall–Kier alpha value is -2.25. The van der Waals surface area contributed by atoms with Gasteiger partial charge in [-0.15, -0.1) is 10.2 Å². The van der Waals surface area contributed by atoms with Crippen LogP contribution < -0.4 is 5.32 Å². The fraction of sp³-hybridized carbons (Fsp3) is 0.375. The number of aromatic amines is 1. The molecule has 0 aliphatic carbocycles. The van der Waals surface area contributed by atoms with Crippen LogP contribution in [0.2, 0.25) is 0 Å². The lowest BCUT2D eigenvalue weighted by molar-refractivity contribution is 0.101. The van der Waals surface area contributed by atoms with Crippen molar-refractivity contribution in [1.29, 1.82) is 0 Å². The number of H-pyrrole nitrogens is 1. The van der Waals surface area contributed by atoms with Crippen LogP contribution in [0.5, 0.6) is 0 Å². The van der Waals surface area contributed by atoms with Gasteiger partial charge in [0, 0.05) is 12.2 Å². The van der Waals surface area contributed by atoms with E-state index in [1.54, 1.807) is 17.1 Å². The molecule has 0 unspecified atom stereocenters. The molecule has 2 aromatic rings. The Balaban J connectivity index is 2.07. The van der Waals surface area contributed by atoms with E-state index >= 15 is 0 Å². The van der Waals surface area contributed by atoms with Crippen molar-refractivity contribution in [2.24, 2.45) is 0 Å².